The Hall–Kier alpha value is -0.220. The third-order valence-electron chi connectivity index (χ3n) is 3.23. The minimum Gasteiger partial charge on any atom is -0.362 e. The minimum atomic E-state index is 0.559. The Bertz CT molecular complexity index is 234. The second kappa shape index (κ2) is 5.21. The summed E-state index contributed by atoms with van der Waals surface area (Å²) in [6.45, 7) is 4.65. The normalized spacial score (nSPS) is 29.2. The van der Waals surface area contributed by atoms with E-state index in [2.05, 4.69) is 29.2 Å². The van der Waals surface area contributed by atoms with E-state index in [1.54, 1.807) is 0 Å². The van der Waals surface area contributed by atoms with Crippen LogP contribution in [0.1, 0.15) is 26.2 Å². The van der Waals surface area contributed by atoms with Gasteiger partial charge in [-0.1, -0.05) is 18.7 Å². The average molecular weight is 227 g/mol. The van der Waals surface area contributed by atoms with Gasteiger partial charge in [0.25, 0.3) is 0 Å². The first-order chi connectivity index (χ1) is 7.28. The molecule has 1 fully saturated rings. The lowest BCUT2D eigenvalue weighted by Crippen LogP contribution is -2.42. The molecule has 1 unspecified atom stereocenters. The molecule has 0 bridgehead atoms. The smallest absolute Gasteiger partial charge is 0.157 e. The molecule has 0 spiro atoms. The van der Waals surface area contributed by atoms with Crippen molar-refractivity contribution in [2.75, 3.05) is 25.9 Å². The van der Waals surface area contributed by atoms with E-state index >= 15 is 0 Å². The summed E-state index contributed by atoms with van der Waals surface area (Å²) in [6.07, 6.45) is 3.69. The van der Waals surface area contributed by atoms with Crippen molar-refractivity contribution in [3.63, 3.8) is 0 Å². The molecule has 0 radical (unpaired) electrons. The Labute approximate surface area is 96.7 Å². The molecule has 0 amide bonds. The summed E-state index contributed by atoms with van der Waals surface area (Å²) in [7, 11) is 2.20. The van der Waals surface area contributed by atoms with Crippen molar-refractivity contribution in [1.82, 2.24) is 10.2 Å². The van der Waals surface area contributed by atoms with E-state index in [1.807, 2.05) is 11.8 Å². The Balaban J connectivity index is 1.77. The molecule has 86 valence electrons. The topological polar surface area (TPSA) is 27.6 Å². The van der Waals surface area contributed by atoms with E-state index in [1.165, 1.54) is 43.3 Å². The molecule has 3 nitrogen and oxygen atoms in total. The Morgan fingerprint density at radius 2 is 2.20 bits per heavy atom. The monoisotopic (exact) mass is 227 g/mol. The largest absolute Gasteiger partial charge is 0.362 e. The highest BCUT2D eigenvalue weighted by atomic mass is 32.2. The number of hydrogen-bond acceptors (Lipinski definition) is 4. The maximum Gasteiger partial charge on any atom is 0.157 e. The Kier molecular flexibility index (Phi) is 3.92. The highest BCUT2D eigenvalue weighted by Crippen LogP contribution is 2.20. The number of rotatable bonds is 2. The maximum atomic E-state index is 4.67. The fourth-order valence-corrected chi connectivity index (χ4v) is 3.17. The molecule has 15 heavy (non-hydrogen) atoms. The molecule has 0 aromatic carbocycles. The van der Waals surface area contributed by atoms with Crippen LogP contribution in [0.2, 0.25) is 0 Å². The van der Waals surface area contributed by atoms with Gasteiger partial charge < -0.3 is 10.2 Å². The highest BCUT2D eigenvalue weighted by Gasteiger charge is 2.21. The van der Waals surface area contributed by atoms with Crippen LogP contribution in [0.15, 0.2) is 4.99 Å². The molecule has 1 saturated heterocycles. The second-order valence-electron chi connectivity index (χ2n) is 4.53. The molecule has 0 aromatic heterocycles. The number of aliphatic imine (C=N–C) groups is 1. The first kappa shape index (κ1) is 11.3. The van der Waals surface area contributed by atoms with E-state index in [9.17, 15) is 0 Å². The van der Waals surface area contributed by atoms with Crippen LogP contribution in [0, 0.1) is 0 Å². The zero-order valence-electron chi connectivity index (χ0n) is 9.70. The molecule has 4 heteroatoms. The van der Waals surface area contributed by atoms with Crippen LogP contribution in [0.3, 0.4) is 0 Å². The first-order valence-corrected chi connectivity index (χ1v) is 6.92. The second-order valence-corrected chi connectivity index (χ2v) is 5.54. The van der Waals surface area contributed by atoms with Gasteiger partial charge in [0.05, 0.1) is 6.04 Å². The van der Waals surface area contributed by atoms with Gasteiger partial charge in [0.1, 0.15) is 0 Å². The summed E-state index contributed by atoms with van der Waals surface area (Å²) < 4.78 is 0. The molecule has 0 aromatic rings. The van der Waals surface area contributed by atoms with Crippen molar-refractivity contribution in [1.29, 1.82) is 0 Å². The van der Waals surface area contributed by atoms with Crippen LogP contribution in [0.25, 0.3) is 0 Å². The molecule has 0 aliphatic carbocycles. The van der Waals surface area contributed by atoms with E-state index in [-0.39, 0.29) is 0 Å². The minimum absolute atomic E-state index is 0.559. The number of thioether (sulfide) groups is 1. The van der Waals surface area contributed by atoms with Gasteiger partial charge in [0.15, 0.2) is 5.17 Å². The van der Waals surface area contributed by atoms with Gasteiger partial charge >= 0.3 is 0 Å². The van der Waals surface area contributed by atoms with Gasteiger partial charge in [0.2, 0.25) is 0 Å². The van der Waals surface area contributed by atoms with Crippen molar-refractivity contribution in [2.24, 2.45) is 4.99 Å². The van der Waals surface area contributed by atoms with Gasteiger partial charge in [-0.25, -0.2) is 0 Å². The lowest BCUT2D eigenvalue weighted by atomic mass is 10.1. The van der Waals surface area contributed by atoms with Gasteiger partial charge in [-0.2, -0.15) is 0 Å². The number of nitrogens with one attached hydrogen (secondary N) is 1. The quantitative estimate of drug-likeness (QED) is 0.775. The van der Waals surface area contributed by atoms with Gasteiger partial charge in [-0.05, 0) is 39.4 Å². The molecule has 1 atom stereocenters. The van der Waals surface area contributed by atoms with Crippen molar-refractivity contribution in [3.05, 3.63) is 0 Å². The van der Waals surface area contributed by atoms with Crippen LogP contribution < -0.4 is 5.32 Å². The molecule has 1 N–H and O–H groups in total. The fraction of sp³-hybridized carbons (Fsp3) is 0.909. The zero-order chi connectivity index (χ0) is 10.7. The Morgan fingerprint density at radius 1 is 1.47 bits per heavy atom. The summed E-state index contributed by atoms with van der Waals surface area (Å²) >= 11 is 1.89. The number of nitrogens with zero attached hydrogens (tertiary/aromatic N) is 2. The summed E-state index contributed by atoms with van der Waals surface area (Å²) in [5, 5.41) is 4.78. The summed E-state index contributed by atoms with van der Waals surface area (Å²) in [5.41, 5.74) is 0. The lowest BCUT2D eigenvalue weighted by molar-refractivity contribution is 0.247. The third-order valence-corrected chi connectivity index (χ3v) is 4.28. The molecule has 2 heterocycles. The van der Waals surface area contributed by atoms with Crippen molar-refractivity contribution in [2.45, 2.75) is 38.3 Å². The zero-order valence-corrected chi connectivity index (χ0v) is 10.5. The number of amidine groups is 1. The van der Waals surface area contributed by atoms with Crippen molar-refractivity contribution < 1.29 is 0 Å². The number of piperidine rings is 1. The lowest BCUT2D eigenvalue weighted by Gasteiger charge is -2.29. The SMILES string of the molecule is CCC1CSC(NC2CCN(C)CC2)=N1. The summed E-state index contributed by atoms with van der Waals surface area (Å²) in [4.78, 5) is 7.07. The maximum absolute atomic E-state index is 4.67. The predicted octanol–water partition coefficient (Wildman–Crippen LogP) is 1.55. The summed E-state index contributed by atoms with van der Waals surface area (Å²) in [6, 6.07) is 1.21. The van der Waals surface area contributed by atoms with Gasteiger partial charge in [-0.3, -0.25) is 4.99 Å². The van der Waals surface area contributed by atoms with E-state index < -0.39 is 0 Å². The van der Waals surface area contributed by atoms with Crippen LogP contribution >= 0.6 is 11.8 Å². The molecule has 2 aliphatic heterocycles. The molecular weight excluding hydrogens is 206 g/mol. The highest BCUT2D eigenvalue weighted by molar-refractivity contribution is 8.14. The van der Waals surface area contributed by atoms with E-state index in [0.717, 1.165) is 0 Å². The molecule has 2 rings (SSSR count). The molecular formula is C11H21N3S. The van der Waals surface area contributed by atoms with E-state index in [0.29, 0.717) is 12.1 Å². The van der Waals surface area contributed by atoms with Crippen molar-refractivity contribution >= 4 is 16.9 Å². The van der Waals surface area contributed by atoms with Crippen LogP contribution in [0.4, 0.5) is 0 Å². The fourth-order valence-electron chi connectivity index (χ4n) is 2.03. The van der Waals surface area contributed by atoms with Crippen LogP contribution in [0.5, 0.6) is 0 Å². The van der Waals surface area contributed by atoms with Crippen molar-refractivity contribution in [3.8, 4) is 0 Å². The number of likely N-dealkylation sites (tertiary alicyclic amines) is 1. The van der Waals surface area contributed by atoms with Gasteiger partial charge in [0, 0.05) is 11.8 Å². The standard InChI is InChI=1S/C11H21N3S/c1-3-9-8-15-11(12-9)13-10-4-6-14(2)7-5-10/h9-10H,3-8H2,1-2H3,(H,12,13). The number of hydrogen-bond donors (Lipinski definition) is 1. The summed E-state index contributed by atoms with van der Waals surface area (Å²) in [5.74, 6) is 1.17. The molecule has 0 saturated carbocycles. The molecule has 2 aliphatic rings. The first-order valence-electron chi connectivity index (χ1n) is 5.93. The average Bonchev–Trinajstić information content (AvgIpc) is 2.69. The third kappa shape index (κ3) is 3.11. The van der Waals surface area contributed by atoms with E-state index in [4.69, 9.17) is 0 Å². The Morgan fingerprint density at radius 3 is 2.80 bits per heavy atom. The predicted molar refractivity (Wildman–Crippen MR) is 67.6 cm³/mol. The van der Waals surface area contributed by atoms with Crippen LogP contribution in [-0.4, -0.2) is 48.0 Å². The van der Waals surface area contributed by atoms with Gasteiger partial charge in [-0.15, -0.1) is 0 Å². The van der Waals surface area contributed by atoms with Crippen LogP contribution in [-0.2, 0) is 0 Å².